The molecule has 1 aromatic heterocycles. The summed E-state index contributed by atoms with van der Waals surface area (Å²) >= 11 is 1.80. The quantitative estimate of drug-likeness (QED) is 0.772. The van der Waals surface area contributed by atoms with Crippen molar-refractivity contribution < 1.29 is 9.84 Å². The van der Waals surface area contributed by atoms with Crippen LogP contribution in [0, 0.1) is 0 Å². The first kappa shape index (κ1) is 12.0. The molecule has 2 N–H and O–H groups in total. The number of thiazole rings is 1. The van der Waals surface area contributed by atoms with Gasteiger partial charge in [0, 0.05) is 25.1 Å². The molecule has 0 saturated heterocycles. The van der Waals surface area contributed by atoms with Crippen LogP contribution in [0.4, 0.5) is 0 Å². The lowest BCUT2D eigenvalue weighted by atomic mass is 10.3. The maximum absolute atomic E-state index is 9.44. The van der Waals surface area contributed by atoms with Crippen LogP contribution in [0.1, 0.15) is 22.0 Å². The number of aliphatic hydroxyl groups is 1. The lowest BCUT2D eigenvalue weighted by Gasteiger charge is -2.09. The summed E-state index contributed by atoms with van der Waals surface area (Å²) in [5.41, 5.74) is 1.29. The molecule has 0 spiro atoms. The Labute approximate surface area is 99.7 Å². The first-order valence-electron chi connectivity index (χ1n) is 5.64. The monoisotopic (exact) mass is 242 g/mol. The van der Waals surface area contributed by atoms with Crippen LogP contribution >= 0.6 is 11.3 Å². The number of aryl methyl sites for hydroxylation is 2. The molecule has 4 nitrogen and oxygen atoms in total. The van der Waals surface area contributed by atoms with Crippen molar-refractivity contribution in [2.24, 2.45) is 0 Å². The number of aromatic nitrogens is 1. The summed E-state index contributed by atoms with van der Waals surface area (Å²) in [5.74, 6) is 0. The van der Waals surface area contributed by atoms with Crippen molar-refractivity contribution >= 4 is 11.3 Å². The van der Waals surface area contributed by atoms with Crippen molar-refractivity contribution in [2.75, 3.05) is 20.3 Å². The molecule has 16 heavy (non-hydrogen) atoms. The van der Waals surface area contributed by atoms with Gasteiger partial charge in [0.05, 0.1) is 18.4 Å². The smallest absolute Gasteiger partial charge is 0.107 e. The second-order valence-corrected chi connectivity index (χ2v) is 5.24. The largest absolute Gasteiger partial charge is 0.389 e. The molecule has 0 amide bonds. The number of aliphatic hydroxyl groups excluding tert-OH is 1. The lowest BCUT2D eigenvalue weighted by molar-refractivity contribution is 0.0644. The summed E-state index contributed by atoms with van der Waals surface area (Å²) in [6, 6.07) is 0. The Balaban J connectivity index is 1.73. The Hall–Kier alpha value is -0.490. The van der Waals surface area contributed by atoms with Crippen LogP contribution in [0.25, 0.3) is 0 Å². The highest BCUT2D eigenvalue weighted by Gasteiger charge is 2.16. The van der Waals surface area contributed by atoms with Crippen molar-refractivity contribution in [3.8, 4) is 0 Å². The number of nitrogens with one attached hydrogen (secondary N) is 1. The van der Waals surface area contributed by atoms with Crippen LogP contribution in [0.15, 0.2) is 0 Å². The van der Waals surface area contributed by atoms with Gasteiger partial charge >= 0.3 is 0 Å². The summed E-state index contributed by atoms with van der Waals surface area (Å²) in [6.07, 6.45) is 3.16. The van der Waals surface area contributed by atoms with Gasteiger partial charge < -0.3 is 15.2 Å². The Morgan fingerprint density at radius 1 is 1.56 bits per heavy atom. The van der Waals surface area contributed by atoms with Crippen LogP contribution in [-0.2, 0) is 24.1 Å². The zero-order valence-electron chi connectivity index (χ0n) is 9.53. The fourth-order valence-electron chi connectivity index (χ4n) is 1.92. The number of fused-ring (bicyclic) bond motifs is 1. The van der Waals surface area contributed by atoms with Gasteiger partial charge in [-0.3, -0.25) is 0 Å². The van der Waals surface area contributed by atoms with Gasteiger partial charge in [-0.25, -0.2) is 4.98 Å². The topological polar surface area (TPSA) is 54.4 Å². The molecule has 90 valence electrons. The van der Waals surface area contributed by atoms with E-state index in [2.05, 4.69) is 10.3 Å². The van der Waals surface area contributed by atoms with Crippen molar-refractivity contribution in [1.82, 2.24) is 10.3 Å². The molecule has 1 heterocycles. The van der Waals surface area contributed by atoms with E-state index in [0.29, 0.717) is 13.2 Å². The van der Waals surface area contributed by atoms with E-state index in [0.717, 1.165) is 18.0 Å². The van der Waals surface area contributed by atoms with Crippen molar-refractivity contribution in [1.29, 1.82) is 0 Å². The third kappa shape index (κ3) is 3.01. The standard InChI is InChI=1S/C11H18N2O2S/c1-15-7-8(14)5-12-6-11-13-9-3-2-4-10(9)16-11/h8,12,14H,2-7H2,1H3. The van der Waals surface area contributed by atoms with E-state index in [1.807, 2.05) is 0 Å². The van der Waals surface area contributed by atoms with Gasteiger partial charge in [0.15, 0.2) is 0 Å². The minimum atomic E-state index is -0.434. The number of rotatable bonds is 6. The van der Waals surface area contributed by atoms with E-state index < -0.39 is 6.10 Å². The Morgan fingerprint density at radius 2 is 2.44 bits per heavy atom. The van der Waals surface area contributed by atoms with Crippen molar-refractivity contribution in [3.05, 3.63) is 15.6 Å². The molecule has 0 aliphatic heterocycles. The fourth-order valence-corrected chi connectivity index (χ4v) is 3.04. The predicted octanol–water partition coefficient (Wildman–Crippen LogP) is 0.729. The first-order valence-corrected chi connectivity index (χ1v) is 6.46. The molecule has 2 rings (SSSR count). The number of hydrogen-bond acceptors (Lipinski definition) is 5. The predicted molar refractivity (Wildman–Crippen MR) is 63.7 cm³/mol. The summed E-state index contributed by atoms with van der Waals surface area (Å²) < 4.78 is 4.85. The fraction of sp³-hybridized carbons (Fsp3) is 0.727. The average molecular weight is 242 g/mol. The molecule has 0 fully saturated rings. The lowest BCUT2D eigenvalue weighted by Crippen LogP contribution is -2.29. The van der Waals surface area contributed by atoms with Gasteiger partial charge in [0.25, 0.3) is 0 Å². The molecule has 1 atom stereocenters. The number of methoxy groups -OCH3 is 1. The Morgan fingerprint density at radius 3 is 3.19 bits per heavy atom. The Bertz CT molecular complexity index is 319. The van der Waals surface area contributed by atoms with Gasteiger partial charge in [-0.2, -0.15) is 0 Å². The van der Waals surface area contributed by atoms with E-state index in [1.165, 1.54) is 23.4 Å². The molecule has 5 heteroatoms. The van der Waals surface area contributed by atoms with Crippen molar-refractivity contribution in [3.63, 3.8) is 0 Å². The molecule has 1 aromatic rings. The molecular formula is C11H18N2O2S. The van der Waals surface area contributed by atoms with E-state index in [1.54, 1.807) is 18.4 Å². The molecule has 1 unspecified atom stereocenters. The minimum Gasteiger partial charge on any atom is -0.389 e. The SMILES string of the molecule is COCC(O)CNCc1nc2c(s1)CCC2. The third-order valence-corrected chi connectivity index (χ3v) is 3.81. The van der Waals surface area contributed by atoms with E-state index in [9.17, 15) is 5.11 Å². The normalized spacial score (nSPS) is 16.4. The minimum absolute atomic E-state index is 0.376. The van der Waals surface area contributed by atoms with Gasteiger partial charge in [-0.05, 0) is 19.3 Å². The maximum Gasteiger partial charge on any atom is 0.107 e. The molecule has 0 saturated carbocycles. The summed E-state index contributed by atoms with van der Waals surface area (Å²) in [5, 5.41) is 13.8. The molecule has 0 bridgehead atoms. The van der Waals surface area contributed by atoms with E-state index in [-0.39, 0.29) is 0 Å². The molecular weight excluding hydrogens is 224 g/mol. The zero-order valence-corrected chi connectivity index (χ0v) is 10.3. The maximum atomic E-state index is 9.44. The highest BCUT2D eigenvalue weighted by Crippen LogP contribution is 2.27. The molecule has 1 aliphatic rings. The first-order chi connectivity index (χ1) is 7.79. The van der Waals surface area contributed by atoms with Crippen LogP contribution in [0.3, 0.4) is 0 Å². The van der Waals surface area contributed by atoms with Crippen LogP contribution in [0.2, 0.25) is 0 Å². The molecule has 0 radical (unpaired) electrons. The zero-order chi connectivity index (χ0) is 11.4. The molecule has 0 aromatic carbocycles. The third-order valence-electron chi connectivity index (χ3n) is 2.66. The van der Waals surface area contributed by atoms with E-state index >= 15 is 0 Å². The van der Waals surface area contributed by atoms with Gasteiger partial charge in [0.2, 0.25) is 0 Å². The summed E-state index contributed by atoms with van der Waals surface area (Å²) in [6.45, 7) is 1.68. The second kappa shape index (κ2) is 5.72. The highest BCUT2D eigenvalue weighted by atomic mass is 32.1. The van der Waals surface area contributed by atoms with Gasteiger partial charge in [-0.1, -0.05) is 0 Å². The number of ether oxygens (including phenoxy) is 1. The van der Waals surface area contributed by atoms with Crippen LogP contribution in [-0.4, -0.2) is 36.5 Å². The second-order valence-electron chi connectivity index (χ2n) is 4.07. The van der Waals surface area contributed by atoms with Crippen LogP contribution in [0.5, 0.6) is 0 Å². The summed E-state index contributed by atoms with van der Waals surface area (Å²) in [4.78, 5) is 6.03. The van der Waals surface area contributed by atoms with Crippen molar-refractivity contribution in [2.45, 2.75) is 31.9 Å². The van der Waals surface area contributed by atoms with Crippen LogP contribution < -0.4 is 5.32 Å². The van der Waals surface area contributed by atoms with E-state index in [4.69, 9.17) is 4.74 Å². The number of hydrogen-bond donors (Lipinski definition) is 2. The number of nitrogens with zero attached hydrogens (tertiary/aromatic N) is 1. The highest BCUT2D eigenvalue weighted by molar-refractivity contribution is 7.11. The average Bonchev–Trinajstić information content (AvgIpc) is 2.78. The van der Waals surface area contributed by atoms with Gasteiger partial charge in [0.1, 0.15) is 5.01 Å². The summed E-state index contributed by atoms with van der Waals surface area (Å²) in [7, 11) is 1.59. The Kier molecular flexibility index (Phi) is 4.29. The van der Waals surface area contributed by atoms with Gasteiger partial charge in [-0.15, -0.1) is 11.3 Å². The molecule has 1 aliphatic carbocycles.